The van der Waals surface area contributed by atoms with Gasteiger partial charge in [-0.3, -0.25) is 18.7 Å². The van der Waals surface area contributed by atoms with Crippen molar-refractivity contribution in [3.8, 4) is 0 Å². The number of H-pyrrole nitrogens is 2. The third kappa shape index (κ3) is 14.5. The number of aromatic nitrogens is 8. The molecular weight excluding hydrogens is 740 g/mol. The molecule has 0 aliphatic heterocycles. The highest BCUT2D eigenvalue weighted by Gasteiger charge is 2.27. The van der Waals surface area contributed by atoms with Crippen molar-refractivity contribution < 1.29 is 27.6 Å². The van der Waals surface area contributed by atoms with E-state index in [0.29, 0.717) is 93.1 Å². The predicted octanol–water partition coefficient (Wildman–Crippen LogP) is 4.78. The van der Waals surface area contributed by atoms with Crippen LogP contribution in [0.1, 0.15) is 52.2 Å². The van der Waals surface area contributed by atoms with Crippen LogP contribution in [0.15, 0.2) is 22.2 Å². The number of aromatic amines is 2. The largest absolute Gasteiger partial charge is 0.361 e. The molecule has 0 bridgehead atoms. The topological polar surface area (TPSA) is 194 Å². The zero-order valence-corrected chi connectivity index (χ0v) is 33.8. The van der Waals surface area contributed by atoms with E-state index in [1.165, 1.54) is 0 Å². The van der Waals surface area contributed by atoms with Gasteiger partial charge in [-0.05, 0) is 54.4 Å². The van der Waals surface area contributed by atoms with Crippen molar-refractivity contribution in [2.75, 3.05) is 59.4 Å². The minimum Gasteiger partial charge on any atom is -0.361 e. The van der Waals surface area contributed by atoms with E-state index in [9.17, 15) is 9.59 Å². The smallest absolute Gasteiger partial charge is 0.279 e. The van der Waals surface area contributed by atoms with Gasteiger partial charge in [0.15, 0.2) is 30.7 Å². The van der Waals surface area contributed by atoms with Gasteiger partial charge in [0.05, 0.1) is 39.1 Å². The highest BCUT2D eigenvalue weighted by molar-refractivity contribution is 7.46. The summed E-state index contributed by atoms with van der Waals surface area (Å²) in [5, 5.41) is 0. The zero-order valence-electron chi connectivity index (χ0n) is 32.0. The summed E-state index contributed by atoms with van der Waals surface area (Å²) >= 11 is 0. The van der Waals surface area contributed by atoms with Gasteiger partial charge in [-0.25, -0.2) is 37.8 Å². The fraction of sp³-hybridized carbons (Fsp3) is 0.636. The number of fused-ring (bicyclic) bond motifs is 2. The minimum absolute atomic E-state index is 0.251. The van der Waals surface area contributed by atoms with Crippen LogP contribution in [0.2, 0.25) is 0 Å². The zero-order chi connectivity index (χ0) is 39.5. The molecule has 0 aliphatic rings. The van der Waals surface area contributed by atoms with Crippen molar-refractivity contribution in [1.82, 2.24) is 43.7 Å². The summed E-state index contributed by atoms with van der Waals surface area (Å²) in [4.78, 5) is 52.2. The SMILES string of the molecule is [C-]#[N+]CCOP(C)OCCCOCn1cnc2c(=O)[nH]c(C)nc21.[C-]#[N+]CCOP(OCCCOCn1cnc2c(=O)[nH]c(C)nc21)N(C(C)C)C(C)C. The second-order valence-corrected chi connectivity index (χ2v) is 15.0. The van der Waals surface area contributed by atoms with Crippen molar-refractivity contribution in [3.05, 3.63) is 67.8 Å². The van der Waals surface area contributed by atoms with Gasteiger partial charge in [-0.15, -0.1) is 0 Å². The molecule has 21 heteroatoms. The molecule has 2 N–H and O–H groups in total. The van der Waals surface area contributed by atoms with Gasteiger partial charge >= 0.3 is 0 Å². The van der Waals surface area contributed by atoms with E-state index in [-0.39, 0.29) is 36.7 Å². The maximum atomic E-state index is 11.9. The van der Waals surface area contributed by atoms with Crippen molar-refractivity contribution in [3.63, 3.8) is 0 Å². The van der Waals surface area contributed by atoms with Gasteiger partial charge in [0.2, 0.25) is 13.1 Å². The van der Waals surface area contributed by atoms with Gasteiger partial charge < -0.3 is 47.2 Å². The number of hydrogen-bond acceptors (Lipinski definition) is 13. The second-order valence-electron chi connectivity index (χ2n) is 12.2. The summed E-state index contributed by atoms with van der Waals surface area (Å²) in [6, 6.07) is 0.544. The van der Waals surface area contributed by atoms with E-state index in [4.69, 9.17) is 40.7 Å². The van der Waals surface area contributed by atoms with Gasteiger partial charge in [0.25, 0.3) is 19.6 Å². The van der Waals surface area contributed by atoms with E-state index >= 15 is 0 Å². The van der Waals surface area contributed by atoms with E-state index in [0.717, 1.165) is 6.42 Å². The molecule has 296 valence electrons. The Balaban J connectivity index is 0.000000297. The fourth-order valence-electron chi connectivity index (χ4n) is 4.86. The van der Waals surface area contributed by atoms with E-state index in [2.05, 4.69) is 72.0 Å². The van der Waals surface area contributed by atoms with Gasteiger partial charge in [0, 0.05) is 18.7 Å². The monoisotopic (exact) mass is 791 g/mol. The highest BCUT2D eigenvalue weighted by Crippen LogP contribution is 2.45. The summed E-state index contributed by atoms with van der Waals surface area (Å²) in [6.45, 7) is 31.3. The molecule has 0 spiro atoms. The maximum Gasteiger partial charge on any atom is 0.279 e. The molecule has 0 saturated carbocycles. The van der Waals surface area contributed by atoms with Crippen molar-refractivity contribution in [2.45, 2.75) is 79.9 Å². The predicted molar refractivity (Wildman–Crippen MR) is 206 cm³/mol. The molecule has 4 rings (SSSR count). The number of aryl methyl sites for hydroxylation is 2. The van der Waals surface area contributed by atoms with Crippen LogP contribution in [0.25, 0.3) is 32.0 Å². The Morgan fingerprint density at radius 2 is 1.15 bits per heavy atom. The summed E-state index contributed by atoms with van der Waals surface area (Å²) in [7, 11) is -2.17. The Morgan fingerprint density at radius 1 is 0.722 bits per heavy atom. The summed E-state index contributed by atoms with van der Waals surface area (Å²) in [6.07, 6.45) is 4.50. The van der Waals surface area contributed by atoms with Crippen LogP contribution in [-0.2, 0) is 41.0 Å². The molecule has 0 aliphatic carbocycles. The Morgan fingerprint density at radius 3 is 1.61 bits per heavy atom. The fourth-order valence-corrected chi connectivity index (χ4v) is 7.28. The first-order chi connectivity index (χ1) is 26.0. The first-order valence-corrected chi connectivity index (χ1v) is 20.2. The highest BCUT2D eigenvalue weighted by atomic mass is 31.2. The van der Waals surface area contributed by atoms with Gasteiger partial charge in [-0.2, -0.15) is 0 Å². The van der Waals surface area contributed by atoms with Crippen LogP contribution in [0, 0.1) is 27.0 Å². The Hall–Kier alpha value is -3.74. The van der Waals surface area contributed by atoms with Crippen molar-refractivity contribution >= 4 is 39.2 Å². The van der Waals surface area contributed by atoms with Crippen LogP contribution in [0.4, 0.5) is 0 Å². The Bertz CT molecular complexity index is 1910. The van der Waals surface area contributed by atoms with Crippen molar-refractivity contribution in [2.24, 2.45) is 0 Å². The lowest BCUT2D eigenvalue weighted by atomic mass is 10.3. The normalized spacial score (nSPS) is 12.7. The number of ether oxygens (including phenoxy) is 2. The molecule has 2 unspecified atom stereocenters. The molecule has 0 amide bonds. The molecule has 4 aromatic heterocycles. The quantitative estimate of drug-likeness (QED) is 0.0593. The van der Waals surface area contributed by atoms with Gasteiger partial charge in [-0.1, -0.05) is 0 Å². The molecule has 54 heavy (non-hydrogen) atoms. The van der Waals surface area contributed by atoms with Crippen LogP contribution in [0.3, 0.4) is 0 Å². The lowest BCUT2D eigenvalue weighted by Gasteiger charge is -2.35. The molecule has 0 radical (unpaired) electrons. The summed E-state index contributed by atoms with van der Waals surface area (Å²) < 4.78 is 39.6. The minimum atomic E-state index is -1.23. The van der Waals surface area contributed by atoms with Crippen LogP contribution in [0.5, 0.6) is 0 Å². The van der Waals surface area contributed by atoms with E-state index < -0.39 is 16.9 Å². The third-order valence-corrected chi connectivity index (χ3v) is 10.3. The summed E-state index contributed by atoms with van der Waals surface area (Å²) in [5.74, 6) is 1.08. The maximum absolute atomic E-state index is 11.9. The third-order valence-electron chi connectivity index (χ3n) is 7.12. The Kier molecular flexibility index (Phi) is 19.8. The lowest BCUT2D eigenvalue weighted by molar-refractivity contribution is 0.0673. The average Bonchev–Trinajstić information content (AvgIpc) is 3.72. The van der Waals surface area contributed by atoms with E-state index in [1.807, 2.05) is 6.66 Å². The molecule has 19 nitrogen and oxygen atoms in total. The number of imidazole rings is 2. The number of nitrogens with zero attached hydrogens (tertiary/aromatic N) is 9. The lowest BCUT2D eigenvalue weighted by Crippen LogP contribution is -2.33. The van der Waals surface area contributed by atoms with Crippen LogP contribution in [-0.4, -0.2) is 115 Å². The molecule has 0 fully saturated rings. The average molecular weight is 792 g/mol. The van der Waals surface area contributed by atoms with Gasteiger partial charge in [0.1, 0.15) is 38.3 Å². The second kappa shape index (κ2) is 23.9. The van der Waals surface area contributed by atoms with Crippen LogP contribution >= 0.6 is 16.9 Å². The first-order valence-electron chi connectivity index (χ1n) is 17.5. The molecular formula is C33H51N11O8P2. The van der Waals surface area contributed by atoms with Crippen molar-refractivity contribution in [1.29, 1.82) is 0 Å². The Labute approximate surface area is 317 Å². The summed E-state index contributed by atoms with van der Waals surface area (Å²) in [5.41, 5.74) is 1.12. The molecule has 0 aromatic carbocycles. The first kappa shape index (κ1) is 44.7. The van der Waals surface area contributed by atoms with Crippen LogP contribution < -0.4 is 11.1 Å². The standard InChI is InChI=1S/C19H31N6O4P.C14H20N5O4P/c1-14(2)25(15(3)4)30(29-11-8-20-6)28-10-7-9-27-13-24-12-21-17-18(24)22-16(5)23-19(17)26;1-11-17-13-12(14(20)18-11)16-9-19(13)10-21-6-4-7-22-24(3)23-8-5-15-2/h12,14-15H,7-11,13H2,1-5H3,(H,22,23,26);9H,4-8,10H2,1,3H3,(H,17,18,20). The number of rotatable bonds is 23. The molecule has 2 atom stereocenters. The molecule has 4 aromatic rings. The number of hydrogen-bond donors (Lipinski definition) is 2. The molecule has 0 saturated heterocycles. The molecule has 4 heterocycles. The van der Waals surface area contributed by atoms with E-state index in [1.54, 1.807) is 35.6 Å². The number of nitrogens with one attached hydrogen (secondary N) is 2.